The minimum Gasteiger partial charge on any atom is -0.392 e. The maximum absolute atomic E-state index is 13.4. The van der Waals surface area contributed by atoms with Crippen molar-refractivity contribution in [2.75, 3.05) is 6.54 Å². The summed E-state index contributed by atoms with van der Waals surface area (Å²) in [6.45, 7) is 8.22. The van der Waals surface area contributed by atoms with Gasteiger partial charge in [0.25, 0.3) is 0 Å². The number of benzene rings is 1. The molecule has 1 atom stereocenters. The Balaban J connectivity index is 2.04. The smallest absolute Gasteiger partial charge is 0.230 e. The summed E-state index contributed by atoms with van der Waals surface area (Å²) in [4.78, 5) is 12.6. The minimum absolute atomic E-state index is 0.0675. The average molecular weight is 307 g/mol. The minimum atomic E-state index is -0.582. The van der Waals surface area contributed by atoms with Gasteiger partial charge in [0.1, 0.15) is 5.82 Å². The Kier molecular flexibility index (Phi) is 4.62. The van der Waals surface area contributed by atoms with Crippen molar-refractivity contribution in [3.8, 4) is 0 Å². The van der Waals surface area contributed by atoms with Crippen molar-refractivity contribution in [3.63, 3.8) is 0 Å². The third-order valence-electron chi connectivity index (χ3n) is 4.70. The summed E-state index contributed by atoms with van der Waals surface area (Å²) >= 11 is 0. The fourth-order valence-corrected chi connectivity index (χ4v) is 3.04. The Morgan fingerprint density at radius 2 is 2.05 bits per heavy atom. The van der Waals surface area contributed by atoms with Crippen LogP contribution in [0.5, 0.6) is 0 Å². The Hall–Kier alpha value is -1.42. The van der Waals surface area contributed by atoms with Crippen LogP contribution in [0.4, 0.5) is 4.39 Å². The average Bonchev–Trinajstić information content (AvgIpc) is 3.25. The van der Waals surface area contributed by atoms with Gasteiger partial charge in [0.15, 0.2) is 0 Å². The molecule has 0 saturated heterocycles. The van der Waals surface area contributed by atoms with Crippen LogP contribution in [0.3, 0.4) is 0 Å². The van der Waals surface area contributed by atoms with E-state index in [-0.39, 0.29) is 17.6 Å². The SMILES string of the molecule is CC(C)C(O)C(C)(C)CNC(=O)C1(c2cccc(F)c2)CC1. The van der Waals surface area contributed by atoms with Crippen LogP contribution in [-0.4, -0.2) is 23.7 Å². The molecule has 1 aliphatic rings. The van der Waals surface area contributed by atoms with Crippen LogP contribution in [0.1, 0.15) is 46.1 Å². The molecule has 0 radical (unpaired) electrons. The fourth-order valence-electron chi connectivity index (χ4n) is 3.04. The number of halogens is 1. The van der Waals surface area contributed by atoms with Crippen molar-refractivity contribution in [1.29, 1.82) is 0 Å². The van der Waals surface area contributed by atoms with E-state index in [1.165, 1.54) is 12.1 Å². The summed E-state index contributed by atoms with van der Waals surface area (Å²) in [5, 5.41) is 13.2. The second-order valence-corrected chi connectivity index (χ2v) is 7.45. The Labute approximate surface area is 131 Å². The van der Waals surface area contributed by atoms with Crippen LogP contribution in [0.15, 0.2) is 24.3 Å². The second kappa shape index (κ2) is 5.99. The molecule has 122 valence electrons. The number of carbonyl (C=O) groups excluding carboxylic acids is 1. The van der Waals surface area contributed by atoms with E-state index in [2.05, 4.69) is 5.32 Å². The maximum Gasteiger partial charge on any atom is 0.230 e. The third-order valence-corrected chi connectivity index (χ3v) is 4.70. The first-order valence-electron chi connectivity index (χ1n) is 7.91. The summed E-state index contributed by atoms with van der Waals surface area (Å²) in [7, 11) is 0. The number of aliphatic hydroxyl groups is 1. The standard InChI is InChI=1S/C18H26FNO2/c1-12(2)15(21)17(3,4)11-20-16(22)18(8-9-18)13-6-5-7-14(19)10-13/h5-7,10,12,15,21H,8-9,11H2,1-4H3,(H,20,22). The molecule has 0 aromatic heterocycles. The molecule has 1 aliphatic carbocycles. The lowest BCUT2D eigenvalue weighted by Crippen LogP contribution is -2.46. The molecule has 1 amide bonds. The zero-order valence-electron chi connectivity index (χ0n) is 13.8. The predicted molar refractivity (Wildman–Crippen MR) is 84.9 cm³/mol. The highest BCUT2D eigenvalue weighted by Gasteiger charge is 2.51. The van der Waals surface area contributed by atoms with E-state index in [1.54, 1.807) is 6.07 Å². The first-order valence-corrected chi connectivity index (χ1v) is 7.91. The summed E-state index contributed by atoms with van der Waals surface area (Å²) in [5.74, 6) is -0.251. The summed E-state index contributed by atoms with van der Waals surface area (Å²) < 4.78 is 13.4. The highest BCUT2D eigenvalue weighted by Crippen LogP contribution is 2.48. The van der Waals surface area contributed by atoms with Gasteiger partial charge < -0.3 is 10.4 Å². The highest BCUT2D eigenvalue weighted by molar-refractivity contribution is 5.91. The Morgan fingerprint density at radius 1 is 1.41 bits per heavy atom. The van der Waals surface area contributed by atoms with Gasteiger partial charge >= 0.3 is 0 Å². The van der Waals surface area contributed by atoms with E-state index in [0.29, 0.717) is 6.54 Å². The predicted octanol–water partition coefficient (Wildman–Crippen LogP) is 3.02. The molecule has 1 unspecified atom stereocenters. The molecule has 1 aromatic carbocycles. The van der Waals surface area contributed by atoms with Gasteiger partial charge in [-0.3, -0.25) is 4.79 Å². The summed E-state index contributed by atoms with van der Waals surface area (Å²) in [6.07, 6.45) is 1.00. The number of rotatable bonds is 6. The number of hydrogen-bond acceptors (Lipinski definition) is 2. The number of aliphatic hydroxyl groups excluding tert-OH is 1. The lowest BCUT2D eigenvalue weighted by atomic mass is 9.80. The summed E-state index contributed by atoms with van der Waals surface area (Å²) in [5.41, 5.74) is -0.241. The van der Waals surface area contributed by atoms with Crippen LogP contribution in [0, 0.1) is 17.2 Å². The van der Waals surface area contributed by atoms with Crippen molar-refractivity contribution in [1.82, 2.24) is 5.32 Å². The molecular weight excluding hydrogens is 281 g/mol. The lowest BCUT2D eigenvalue weighted by molar-refractivity contribution is -0.124. The number of hydrogen-bond donors (Lipinski definition) is 2. The molecule has 1 aromatic rings. The number of carbonyl (C=O) groups is 1. The summed E-state index contributed by atoms with van der Waals surface area (Å²) in [6, 6.07) is 6.29. The molecule has 0 spiro atoms. The van der Waals surface area contributed by atoms with Gasteiger partial charge in [-0.2, -0.15) is 0 Å². The topological polar surface area (TPSA) is 49.3 Å². The van der Waals surface area contributed by atoms with E-state index in [1.807, 2.05) is 33.8 Å². The lowest BCUT2D eigenvalue weighted by Gasteiger charge is -2.34. The largest absolute Gasteiger partial charge is 0.392 e. The second-order valence-electron chi connectivity index (χ2n) is 7.45. The van der Waals surface area contributed by atoms with Gasteiger partial charge in [-0.15, -0.1) is 0 Å². The van der Waals surface area contributed by atoms with E-state index in [0.717, 1.165) is 18.4 Å². The fraction of sp³-hybridized carbons (Fsp3) is 0.611. The van der Waals surface area contributed by atoms with Crippen molar-refractivity contribution in [3.05, 3.63) is 35.6 Å². The Bertz CT molecular complexity index is 550. The van der Waals surface area contributed by atoms with Gasteiger partial charge in [-0.1, -0.05) is 39.8 Å². The van der Waals surface area contributed by atoms with Gasteiger partial charge in [0.2, 0.25) is 5.91 Å². The number of nitrogens with one attached hydrogen (secondary N) is 1. The molecular formula is C18H26FNO2. The van der Waals surface area contributed by atoms with Crippen LogP contribution in [0.25, 0.3) is 0 Å². The van der Waals surface area contributed by atoms with Crippen molar-refractivity contribution in [2.45, 2.75) is 52.1 Å². The molecule has 22 heavy (non-hydrogen) atoms. The third kappa shape index (κ3) is 3.32. The van der Waals surface area contributed by atoms with Gasteiger partial charge in [0, 0.05) is 12.0 Å². The van der Waals surface area contributed by atoms with Crippen molar-refractivity contribution in [2.24, 2.45) is 11.3 Å². The normalized spacial score (nSPS) is 18.1. The molecule has 3 nitrogen and oxygen atoms in total. The molecule has 0 bridgehead atoms. The van der Waals surface area contributed by atoms with Crippen LogP contribution in [0.2, 0.25) is 0 Å². The Morgan fingerprint density at radius 3 is 2.55 bits per heavy atom. The van der Waals surface area contributed by atoms with E-state index in [9.17, 15) is 14.3 Å². The van der Waals surface area contributed by atoms with Gasteiger partial charge in [-0.05, 0) is 36.5 Å². The molecule has 1 fully saturated rings. The van der Waals surface area contributed by atoms with Crippen LogP contribution < -0.4 is 5.32 Å². The molecule has 0 heterocycles. The molecule has 1 saturated carbocycles. The zero-order valence-corrected chi connectivity index (χ0v) is 13.8. The van der Waals surface area contributed by atoms with Crippen molar-refractivity contribution >= 4 is 5.91 Å². The van der Waals surface area contributed by atoms with Crippen molar-refractivity contribution < 1.29 is 14.3 Å². The first kappa shape index (κ1) is 16.9. The van der Waals surface area contributed by atoms with Gasteiger partial charge in [-0.25, -0.2) is 4.39 Å². The quantitative estimate of drug-likeness (QED) is 0.849. The molecule has 2 N–H and O–H groups in total. The first-order chi connectivity index (χ1) is 10.2. The van der Waals surface area contributed by atoms with Gasteiger partial charge in [0.05, 0.1) is 11.5 Å². The monoisotopic (exact) mass is 307 g/mol. The van der Waals surface area contributed by atoms with E-state index in [4.69, 9.17) is 0 Å². The number of amides is 1. The van der Waals surface area contributed by atoms with E-state index >= 15 is 0 Å². The maximum atomic E-state index is 13.4. The molecule has 4 heteroatoms. The molecule has 0 aliphatic heterocycles. The van der Waals surface area contributed by atoms with Crippen LogP contribution in [-0.2, 0) is 10.2 Å². The highest BCUT2D eigenvalue weighted by atomic mass is 19.1. The zero-order chi connectivity index (χ0) is 16.5. The van der Waals surface area contributed by atoms with E-state index < -0.39 is 16.9 Å². The van der Waals surface area contributed by atoms with Crippen LogP contribution >= 0.6 is 0 Å². The molecule has 2 rings (SSSR count).